The van der Waals surface area contributed by atoms with Gasteiger partial charge in [0.15, 0.2) is 0 Å². The number of hydrogen-bond acceptors (Lipinski definition) is 4. The number of aromatic nitrogens is 2. The van der Waals surface area contributed by atoms with E-state index in [0.29, 0.717) is 19.4 Å². The van der Waals surface area contributed by atoms with Crippen LogP contribution in [0.3, 0.4) is 0 Å². The molecule has 1 fully saturated rings. The van der Waals surface area contributed by atoms with Crippen molar-refractivity contribution in [2.45, 2.75) is 38.6 Å². The summed E-state index contributed by atoms with van der Waals surface area (Å²) in [6.45, 7) is 5.23. The molecule has 3 aromatic rings. The van der Waals surface area contributed by atoms with Crippen molar-refractivity contribution in [3.05, 3.63) is 70.7 Å². The summed E-state index contributed by atoms with van der Waals surface area (Å²) in [6.07, 6.45) is 7.51. The molecule has 30 heavy (non-hydrogen) atoms. The van der Waals surface area contributed by atoms with Gasteiger partial charge in [0.25, 0.3) is 0 Å². The third-order valence-electron chi connectivity index (χ3n) is 5.92. The van der Waals surface area contributed by atoms with Gasteiger partial charge in [-0.2, -0.15) is 5.10 Å². The zero-order chi connectivity index (χ0) is 20.8. The number of likely N-dealkylation sites (tertiary alicyclic amines) is 1. The van der Waals surface area contributed by atoms with Crippen LogP contribution in [0.1, 0.15) is 42.7 Å². The number of piperidine rings is 1. The number of benzene rings is 1. The Kier molecular flexibility index (Phi) is 6.97. The molecule has 2 aromatic heterocycles. The van der Waals surface area contributed by atoms with Gasteiger partial charge in [-0.15, -0.1) is 11.3 Å². The number of hydrogen-bond donors (Lipinski definition) is 1. The maximum Gasteiger partial charge on any atom is 0.220 e. The Hall–Kier alpha value is -2.44. The van der Waals surface area contributed by atoms with E-state index < -0.39 is 0 Å². The molecular formula is C24H30N4OS. The maximum atomic E-state index is 12.5. The van der Waals surface area contributed by atoms with E-state index in [9.17, 15) is 4.79 Å². The van der Waals surface area contributed by atoms with Gasteiger partial charge in [0, 0.05) is 24.0 Å². The van der Waals surface area contributed by atoms with Gasteiger partial charge in [-0.1, -0.05) is 31.2 Å². The van der Waals surface area contributed by atoms with Crippen LogP contribution < -0.4 is 5.32 Å². The van der Waals surface area contributed by atoms with Crippen LogP contribution in [0.5, 0.6) is 0 Å². The fourth-order valence-corrected chi connectivity index (χ4v) is 4.86. The first-order chi connectivity index (χ1) is 14.7. The third-order valence-corrected chi connectivity index (χ3v) is 6.89. The van der Waals surface area contributed by atoms with Crippen LogP contribution in [0.4, 0.5) is 0 Å². The molecule has 1 saturated heterocycles. The highest BCUT2D eigenvalue weighted by molar-refractivity contribution is 7.10. The molecule has 0 bridgehead atoms. The summed E-state index contributed by atoms with van der Waals surface area (Å²) in [5, 5.41) is 9.73. The molecule has 0 unspecified atom stereocenters. The van der Waals surface area contributed by atoms with Crippen molar-refractivity contribution in [1.29, 1.82) is 0 Å². The number of rotatable bonds is 8. The quantitative estimate of drug-likeness (QED) is 0.583. The van der Waals surface area contributed by atoms with Crippen molar-refractivity contribution in [2.24, 2.45) is 5.92 Å². The Morgan fingerprint density at radius 3 is 2.73 bits per heavy atom. The Labute approximate surface area is 182 Å². The lowest BCUT2D eigenvalue weighted by atomic mass is 9.97. The van der Waals surface area contributed by atoms with Crippen LogP contribution in [0.15, 0.2) is 60.2 Å². The summed E-state index contributed by atoms with van der Waals surface area (Å²) >= 11 is 1.78. The summed E-state index contributed by atoms with van der Waals surface area (Å²) in [7, 11) is 0. The molecule has 1 amide bonds. The summed E-state index contributed by atoms with van der Waals surface area (Å²) < 4.78 is 1.86. The largest absolute Gasteiger partial charge is 0.354 e. The molecular weight excluding hydrogens is 392 g/mol. The highest BCUT2D eigenvalue weighted by Crippen LogP contribution is 2.29. The van der Waals surface area contributed by atoms with E-state index in [0.717, 1.165) is 30.3 Å². The van der Waals surface area contributed by atoms with Gasteiger partial charge < -0.3 is 5.32 Å². The second-order valence-electron chi connectivity index (χ2n) is 8.18. The smallest absolute Gasteiger partial charge is 0.220 e. The lowest BCUT2D eigenvalue weighted by Gasteiger charge is -2.36. The van der Waals surface area contributed by atoms with E-state index >= 15 is 0 Å². The fourth-order valence-electron chi connectivity index (χ4n) is 4.00. The molecule has 4 rings (SSSR count). The van der Waals surface area contributed by atoms with Crippen molar-refractivity contribution in [3.8, 4) is 5.69 Å². The van der Waals surface area contributed by atoms with E-state index in [-0.39, 0.29) is 11.9 Å². The Morgan fingerprint density at radius 2 is 2.00 bits per heavy atom. The normalized spacial score (nSPS) is 16.4. The van der Waals surface area contributed by atoms with Gasteiger partial charge in [-0.05, 0) is 67.4 Å². The van der Waals surface area contributed by atoms with E-state index in [2.05, 4.69) is 39.8 Å². The van der Waals surface area contributed by atoms with Gasteiger partial charge in [-0.3, -0.25) is 9.69 Å². The molecule has 3 heterocycles. The Bertz CT molecular complexity index is 914. The van der Waals surface area contributed by atoms with E-state index in [4.69, 9.17) is 0 Å². The predicted molar refractivity (Wildman–Crippen MR) is 122 cm³/mol. The molecule has 1 N–H and O–H groups in total. The van der Waals surface area contributed by atoms with E-state index in [1.807, 2.05) is 47.4 Å². The number of para-hydroxylation sites is 1. The van der Waals surface area contributed by atoms with Crippen LogP contribution in [0.2, 0.25) is 0 Å². The van der Waals surface area contributed by atoms with Crippen LogP contribution in [0.25, 0.3) is 5.69 Å². The van der Waals surface area contributed by atoms with Crippen LogP contribution >= 0.6 is 11.3 Å². The Morgan fingerprint density at radius 1 is 1.20 bits per heavy atom. The lowest BCUT2D eigenvalue weighted by Crippen LogP contribution is -2.41. The number of carbonyl (C=O) groups excluding carboxylic acids is 1. The van der Waals surface area contributed by atoms with Crippen molar-refractivity contribution < 1.29 is 4.79 Å². The van der Waals surface area contributed by atoms with Gasteiger partial charge in [0.1, 0.15) is 0 Å². The summed E-state index contributed by atoms with van der Waals surface area (Å²) in [4.78, 5) is 16.4. The molecule has 0 radical (unpaired) electrons. The molecule has 6 heteroatoms. The van der Waals surface area contributed by atoms with Crippen LogP contribution in [0, 0.1) is 5.92 Å². The lowest BCUT2D eigenvalue weighted by molar-refractivity contribution is -0.121. The number of amides is 1. The second kappa shape index (κ2) is 10.0. The van der Waals surface area contributed by atoms with Gasteiger partial charge in [0.2, 0.25) is 5.91 Å². The molecule has 0 saturated carbocycles. The first kappa shape index (κ1) is 20.8. The van der Waals surface area contributed by atoms with Crippen LogP contribution in [-0.4, -0.2) is 40.2 Å². The highest BCUT2D eigenvalue weighted by atomic mass is 32.1. The standard InChI is InChI=1S/C24H30N4OS/c1-19-11-13-27(14-12-19)22(23-8-5-15-30-23)17-25-24(29)10-9-20-16-26-28(18-20)21-6-3-2-4-7-21/h2-8,15-16,18-19,22H,9-14,17H2,1H3,(H,25,29)/t22-/m1/s1. The van der Waals surface area contributed by atoms with Crippen molar-refractivity contribution in [1.82, 2.24) is 20.0 Å². The molecule has 1 aliphatic rings. The van der Waals surface area contributed by atoms with Crippen LogP contribution in [-0.2, 0) is 11.2 Å². The fraction of sp³-hybridized carbons (Fsp3) is 0.417. The highest BCUT2D eigenvalue weighted by Gasteiger charge is 2.25. The first-order valence-electron chi connectivity index (χ1n) is 10.8. The van der Waals surface area contributed by atoms with Crippen molar-refractivity contribution in [3.63, 3.8) is 0 Å². The number of thiophene rings is 1. The summed E-state index contributed by atoms with van der Waals surface area (Å²) in [5.41, 5.74) is 2.11. The summed E-state index contributed by atoms with van der Waals surface area (Å²) in [5.74, 6) is 0.908. The van der Waals surface area contributed by atoms with Gasteiger partial charge in [0.05, 0.1) is 17.9 Å². The van der Waals surface area contributed by atoms with Gasteiger partial charge in [-0.25, -0.2) is 4.68 Å². The Balaban J connectivity index is 1.29. The minimum atomic E-state index is 0.106. The van der Waals surface area contributed by atoms with E-state index in [1.165, 1.54) is 17.7 Å². The monoisotopic (exact) mass is 422 g/mol. The molecule has 0 spiro atoms. The zero-order valence-electron chi connectivity index (χ0n) is 17.5. The number of nitrogens with zero attached hydrogens (tertiary/aromatic N) is 3. The molecule has 1 aromatic carbocycles. The molecule has 0 aliphatic carbocycles. The minimum Gasteiger partial charge on any atom is -0.354 e. The molecule has 1 atom stereocenters. The third kappa shape index (κ3) is 5.37. The van der Waals surface area contributed by atoms with Crippen molar-refractivity contribution >= 4 is 17.2 Å². The maximum absolute atomic E-state index is 12.5. The predicted octanol–water partition coefficient (Wildman–Crippen LogP) is 4.46. The first-order valence-corrected chi connectivity index (χ1v) is 11.7. The average Bonchev–Trinajstić information content (AvgIpc) is 3.47. The average molecular weight is 423 g/mol. The number of aryl methyl sites for hydroxylation is 1. The number of nitrogens with one attached hydrogen (secondary N) is 1. The molecule has 158 valence electrons. The topological polar surface area (TPSA) is 50.2 Å². The van der Waals surface area contributed by atoms with Gasteiger partial charge >= 0.3 is 0 Å². The van der Waals surface area contributed by atoms with E-state index in [1.54, 1.807) is 11.3 Å². The molecule has 5 nitrogen and oxygen atoms in total. The molecule has 1 aliphatic heterocycles. The minimum absolute atomic E-state index is 0.106. The zero-order valence-corrected chi connectivity index (χ0v) is 18.4. The van der Waals surface area contributed by atoms with Crippen molar-refractivity contribution in [2.75, 3.05) is 19.6 Å². The SMILES string of the molecule is CC1CCN([C@H](CNC(=O)CCc2cnn(-c3ccccc3)c2)c2cccs2)CC1. The number of carbonyl (C=O) groups is 1. The summed E-state index contributed by atoms with van der Waals surface area (Å²) in [6, 6.07) is 14.6. The second-order valence-corrected chi connectivity index (χ2v) is 9.16.